The highest BCUT2D eigenvalue weighted by atomic mass is 16.3. The van der Waals surface area contributed by atoms with Gasteiger partial charge in [-0.2, -0.15) is 0 Å². The minimum atomic E-state index is -1.33. The summed E-state index contributed by atoms with van der Waals surface area (Å²) in [7, 11) is 2.06. The van der Waals surface area contributed by atoms with Crippen LogP contribution in [0.4, 0.5) is 0 Å². The summed E-state index contributed by atoms with van der Waals surface area (Å²) >= 11 is 0. The van der Waals surface area contributed by atoms with Gasteiger partial charge in [0, 0.05) is 32.0 Å². The van der Waals surface area contributed by atoms with E-state index in [1.165, 1.54) is 17.5 Å². The summed E-state index contributed by atoms with van der Waals surface area (Å²) in [5, 5.41) is 2.25. The molecule has 0 atom stereocenters. The maximum absolute atomic E-state index is 9.08. The number of fused-ring (bicyclic) bond motifs is 5. The number of aromatic nitrogens is 2. The van der Waals surface area contributed by atoms with Crippen LogP contribution in [0.5, 0.6) is 0 Å². The van der Waals surface area contributed by atoms with E-state index in [-0.39, 0.29) is 16.7 Å². The summed E-state index contributed by atoms with van der Waals surface area (Å²) in [5.74, 6) is 0.0846. The van der Waals surface area contributed by atoms with Crippen LogP contribution in [0.3, 0.4) is 0 Å². The molecule has 6 rings (SSSR count). The Kier molecular flexibility index (Phi) is 5.01. The molecule has 0 amide bonds. The molecule has 0 N–H and O–H groups in total. The third-order valence-electron chi connectivity index (χ3n) is 9.03. The molecule has 2 aliphatic rings. The maximum Gasteiger partial charge on any atom is 0.227 e. The standard InChI is InChI=1S/C33H41N2O/c1-21-16-28-25(29-30-26(20-34-31(29)36-28)32(2,3)13-14-33(30,4)5)19-24(21)27-18-23(12-15-35(27)6)17-22-10-8-7-9-11-22/h12,15-16,18-20,22H,7-11,13-14,17H2,1-6H3/q+1/i17D2. The Hall–Kier alpha value is -2.68. The van der Waals surface area contributed by atoms with Gasteiger partial charge in [0.1, 0.15) is 12.6 Å². The van der Waals surface area contributed by atoms with Crippen molar-refractivity contribution >= 4 is 22.1 Å². The van der Waals surface area contributed by atoms with Gasteiger partial charge in [-0.1, -0.05) is 59.8 Å². The van der Waals surface area contributed by atoms with Crippen molar-refractivity contribution in [1.82, 2.24) is 4.98 Å². The number of aryl methyl sites for hydroxylation is 2. The van der Waals surface area contributed by atoms with Crippen molar-refractivity contribution in [3.63, 3.8) is 0 Å². The molecule has 3 aromatic heterocycles. The average molecular weight is 484 g/mol. The zero-order chi connectivity index (χ0) is 27.0. The van der Waals surface area contributed by atoms with Crippen molar-refractivity contribution in [2.24, 2.45) is 13.0 Å². The van der Waals surface area contributed by atoms with Gasteiger partial charge in [-0.15, -0.1) is 0 Å². The summed E-state index contributed by atoms with van der Waals surface area (Å²) in [6, 6.07) is 8.48. The average Bonchev–Trinajstić information content (AvgIpc) is 3.24. The smallest absolute Gasteiger partial charge is 0.227 e. The molecule has 3 nitrogen and oxygen atoms in total. The van der Waals surface area contributed by atoms with E-state index in [0.717, 1.165) is 77.3 Å². The molecule has 36 heavy (non-hydrogen) atoms. The van der Waals surface area contributed by atoms with Gasteiger partial charge in [-0.3, -0.25) is 0 Å². The first-order valence-electron chi connectivity index (χ1n) is 14.8. The Bertz CT molecular complexity index is 1560. The molecule has 188 valence electrons. The normalized spacial score (nSPS) is 20.8. The third-order valence-corrected chi connectivity index (χ3v) is 9.03. The molecule has 4 aromatic rings. The predicted molar refractivity (Wildman–Crippen MR) is 148 cm³/mol. The molecular formula is C33H41N2O+. The zero-order valence-electron chi connectivity index (χ0n) is 24.8. The van der Waals surface area contributed by atoms with Crippen LogP contribution in [0, 0.1) is 12.8 Å². The number of hydrogen-bond acceptors (Lipinski definition) is 2. The molecule has 0 unspecified atom stereocenters. The van der Waals surface area contributed by atoms with E-state index in [4.69, 9.17) is 12.1 Å². The molecule has 3 heterocycles. The quantitative estimate of drug-likeness (QED) is 0.275. The Morgan fingerprint density at radius 3 is 2.58 bits per heavy atom. The second-order valence-corrected chi connectivity index (χ2v) is 12.7. The van der Waals surface area contributed by atoms with Gasteiger partial charge in [0.2, 0.25) is 11.4 Å². The molecule has 3 heteroatoms. The maximum atomic E-state index is 9.08. The lowest BCUT2D eigenvalue weighted by molar-refractivity contribution is -0.660. The van der Waals surface area contributed by atoms with Crippen LogP contribution >= 0.6 is 0 Å². The summed E-state index contributed by atoms with van der Waals surface area (Å²) < 4.78 is 26.6. The van der Waals surface area contributed by atoms with Crippen molar-refractivity contribution in [3.05, 3.63) is 58.9 Å². The fourth-order valence-electron chi connectivity index (χ4n) is 6.67. The first-order chi connectivity index (χ1) is 17.9. The van der Waals surface area contributed by atoms with Crippen LogP contribution in [-0.4, -0.2) is 4.98 Å². The number of rotatable bonds is 3. The molecule has 0 radical (unpaired) electrons. The van der Waals surface area contributed by atoms with Crippen LogP contribution in [-0.2, 0) is 24.3 Å². The molecule has 0 saturated heterocycles. The van der Waals surface area contributed by atoms with Gasteiger partial charge in [0.05, 0.1) is 5.39 Å². The van der Waals surface area contributed by atoms with Gasteiger partial charge in [-0.05, 0) is 77.3 Å². The van der Waals surface area contributed by atoms with Gasteiger partial charge in [0.25, 0.3) is 0 Å². The second kappa shape index (κ2) is 8.43. The molecular weight excluding hydrogens is 440 g/mol. The van der Waals surface area contributed by atoms with Gasteiger partial charge < -0.3 is 4.42 Å². The van der Waals surface area contributed by atoms with Crippen LogP contribution in [0.25, 0.3) is 33.3 Å². The Morgan fingerprint density at radius 2 is 1.81 bits per heavy atom. The second-order valence-electron chi connectivity index (χ2n) is 12.7. The number of benzene rings is 1. The van der Waals surface area contributed by atoms with E-state index in [9.17, 15) is 0 Å². The van der Waals surface area contributed by atoms with E-state index >= 15 is 0 Å². The lowest BCUT2D eigenvalue weighted by atomic mass is 9.63. The fraction of sp³-hybridized carbons (Fsp3) is 0.515. The summed E-state index contributed by atoms with van der Waals surface area (Å²) in [6.45, 7) is 11.5. The Morgan fingerprint density at radius 1 is 1.06 bits per heavy atom. The molecule has 1 aromatic carbocycles. The molecule has 2 aliphatic carbocycles. The van der Waals surface area contributed by atoms with Crippen molar-refractivity contribution < 1.29 is 11.7 Å². The first kappa shape index (κ1) is 21.4. The van der Waals surface area contributed by atoms with E-state index in [2.05, 4.69) is 64.4 Å². The Balaban J connectivity index is 1.56. The molecule has 1 fully saturated rings. The summed E-state index contributed by atoms with van der Waals surface area (Å²) in [5.41, 5.74) is 8.47. The van der Waals surface area contributed by atoms with Crippen molar-refractivity contribution in [1.29, 1.82) is 0 Å². The predicted octanol–water partition coefficient (Wildman–Crippen LogP) is 8.25. The van der Waals surface area contributed by atoms with Crippen molar-refractivity contribution in [2.75, 3.05) is 0 Å². The zero-order valence-corrected chi connectivity index (χ0v) is 22.8. The first-order valence-corrected chi connectivity index (χ1v) is 13.8. The SMILES string of the molecule is [2H]C([2H])(c1cc[n+](C)c(-c2cc3c(cc2C)oc2ncc4c(c23)C(C)(C)CCC4(C)C)c1)C1CCCCC1. The van der Waals surface area contributed by atoms with Crippen molar-refractivity contribution in [2.45, 2.75) is 96.8 Å². The van der Waals surface area contributed by atoms with Crippen LogP contribution < -0.4 is 4.57 Å². The molecule has 0 bridgehead atoms. The molecule has 1 saturated carbocycles. The fourth-order valence-corrected chi connectivity index (χ4v) is 6.67. The lowest BCUT2D eigenvalue weighted by Gasteiger charge is -2.41. The van der Waals surface area contributed by atoms with E-state index in [1.807, 2.05) is 18.5 Å². The van der Waals surface area contributed by atoms with E-state index in [1.54, 1.807) is 0 Å². The van der Waals surface area contributed by atoms with E-state index in [0.29, 0.717) is 5.71 Å². The Labute approximate surface area is 218 Å². The lowest BCUT2D eigenvalue weighted by Crippen LogP contribution is -2.34. The highest BCUT2D eigenvalue weighted by Crippen LogP contribution is 2.50. The number of hydrogen-bond donors (Lipinski definition) is 0. The van der Waals surface area contributed by atoms with E-state index < -0.39 is 6.37 Å². The topological polar surface area (TPSA) is 29.9 Å². The van der Waals surface area contributed by atoms with Gasteiger partial charge in [0.15, 0.2) is 6.20 Å². The van der Waals surface area contributed by atoms with Crippen LogP contribution in [0.2, 0.25) is 0 Å². The molecule has 0 spiro atoms. The minimum absolute atomic E-state index is 0.0362. The highest BCUT2D eigenvalue weighted by Gasteiger charge is 2.39. The van der Waals surface area contributed by atoms with Gasteiger partial charge in [-0.25, -0.2) is 9.55 Å². The summed E-state index contributed by atoms with van der Waals surface area (Å²) in [6.07, 6.45) is 10.5. The molecule has 0 aliphatic heterocycles. The third kappa shape index (κ3) is 3.86. The summed E-state index contributed by atoms with van der Waals surface area (Å²) in [4.78, 5) is 4.82. The van der Waals surface area contributed by atoms with Crippen LogP contribution in [0.1, 0.15) is 97.6 Å². The largest absolute Gasteiger partial charge is 0.438 e. The highest BCUT2D eigenvalue weighted by molar-refractivity contribution is 6.08. The number of pyridine rings is 2. The number of furan rings is 1. The number of nitrogens with zero attached hydrogens (tertiary/aromatic N) is 2. The van der Waals surface area contributed by atoms with Crippen molar-refractivity contribution in [3.8, 4) is 11.3 Å². The van der Waals surface area contributed by atoms with Gasteiger partial charge >= 0.3 is 0 Å². The van der Waals surface area contributed by atoms with Crippen LogP contribution in [0.15, 0.2) is 41.1 Å². The monoisotopic (exact) mass is 483 g/mol. The minimum Gasteiger partial charge on any atom is -0.438 e.